The predicted octanol–water partition coefficient (Wildman–Crippen LogP) is 3.18. The van der Waals surface area contributed by atoms with Crippen LogP contribution >= 0.6 is 0 Å². The minimum Gasteiger partial charge on any atom is -0.493 e. The number of H-pyrrole nitrogens is 1. The van der Waals surface area contributed by atoms with Gasteiger partial charge in [-0.25, -0.2) is 14.2 Å². The van der Waals surface area contributed by atoms with Crippen LogP contribution in [0.5, 0.6) is 5.75 Å². The lowest BCUT2D eigenvalue weighted by atomic mass is 9.97. The highest BCUT2D eigenvalue weighted by Gasteiger charge is 2.22. The van der Waals surface area contributed by atoms with Crippen molar-refractivity contribution in [2.75, 3.05) is 26.8 Å². The Labute approximate surface area is 195 Å². The van der Waals surface area contributed by atoms with Crippen LogP contribution < -0.4 is 10.3 Å². The van der Waals surface area contributed by atoms with Crippen LogP contribution in [0.1, 0.15) is 28.8 Å². The lowest BCUT2D eigenvalue weighted by Crippen LogP contribution is -2.38. The molecule has 1 aliphatic rings. The van der Waals surface area contributed by atoms with Gasteiger partial charge in [-0.3, -0.25) is 9.59 Å². The highest BCUT2D eigenvalue weighted by molar-refractivity contribution is 5.94. The molecule has 1 saturated heterocycles. The van der Waals surface area contributed by atoms with Gasteiger partial charge in [0.25, 0.3) is 5.56 Å². The number of esters is 1. The molecular formula is C25H24FN3O5. The minimum atomic E-state index is -0.731. The van der Waals surface area contributed by atoms with Gasteiger partial charge >= 0.3 is 5.97 Å². The van der Waals surface area contributed by atoms with Crippen molar-refractivity contribution in [3.05, 3.63) is 76.0 Å². The van der Waals surface area contributed by atoms with Crippen molar-refractivity contribution < 1.29 is 23.5 Å². The Morgan fingerprint density at radius 2 is 1.94 bits per heavy atom. The Balaban J connectivity index is 1.33. The van der Waals surface area contributed by atoms with Gasteiger partial charge in [-0.05, 0) is 66.8 Å². The molecular weight excluding hydrogens is 441 g/mol. The van der Waals surface area contributed by atoms with E-state index in [0.717, 1.165) is 12.8 Å². The normalized spacial score (nSPS) is 14.5. The molecule has 34 heavy (non-hydrogen) atoms. The number of aromatic nitrogens is 2. The number of carbonyl (C=O) groups excluding carboxylic acids is 2. The van der Waals surface area contributed by atoms with Crippen molar-refractivity contribution >= 4 is 29.0 Å². The highest BCUT2D eigenvalue weighted by Crippen LogP contribution is 2.20. The summed E-state index contributed by atoms with van der Waals surface area (Å²) in [5, 5.41) is 0.552. The fraction of sp³-hybridized carbons (Fsp3) is 0.280. The van der Waals surface area contributed by atoms with E-state index in [0.29, 0.717) is 48.0 Å². The number of hydrogen-bond acceptors (Lipinski definition) is 6. The first kappa shape index (κ1) is 23.2. The van der Waals surface area contributed by atoms with Gasteiger partial charge in [0.15, 0.2) is 0 Å². The summed E-state index contributed by atoms with van der Waals surface area (Å²) in [6.45, 7) is 1.78. The van der Waals surface area contributed by atoms with Gasteiger partial charge in [0.05, 0.1) is 13.7 Å². The number of nitrogens with one attached hydrogen (secondary N) is 1. The Kier molecular flexibility index (Phi) is 7.01. The number of rotatable bonds is 6. The number of methoxy groups -OCH3 is 1. The van der Waals surface area contributed by atoms with Gasteiger partial charge < -0.3 is 19.4 Å². The van der Waals surface area contributed by atoms with E-state index in [9.17, 15) is 18.8 Å². The zero-order valence-corrected chi connectivity index (χ0v) is 18.6. The lowest BCUT2D eigenvalue weighted by molar-refractivity contribution is -0.127. The number of carbonyl (C=O) groups is 2. The van der Waals surface area contributed by atoms with Crippen LogP contribution in [0.25, 0.3) is 17.1 Å². The Morgan fingerprint density at radius 1 is 1.21 bits per heavy atom. The maximum atomic E-state index is 13.0. The van der Waals surface area contributed by atoms with E-state index in [1.165, 1.54) is 31.4 Å². The standard InChI is InChI=1S/C25H24FN3O5/c1-33-25(32)21-13-18-12-17(14-27-23(18)28-24(21)31)2-7-22(30)29-10-8-16(9-11-29)15-34-20-5-3-19(26)4-6-20/h2-7,12-14,16H,8-11,15H2,1H3,(H,27,28,31)/b7-2+. The average molecular weight is 465 g/mol. The summed E-state index contributed by atoms with van der Waals surface area (Å²) in [5.41, 5.74) is 0.314. The third-order valence-electron chi connectivity index (χ3n) is 5.76. The molecule has 1 amide bonds. The summed E-state index contributed by atoms with van der Waals surface area (Å²) < 4.78 is 23.3. The van der Waals surface area contributed by atoms with Crippen molar-refractivity contribution in [2.45, 2.75) is 12.8 Å². The van der Waals surface area contributed by atoms with Crippen LogP contribution in [0.2, 0.25) is 0 Å². The third kappa shape index (κ3) is 5.48. The molecule has 1 aromatic carbocycles. The first-order valence-corrected chi connectivity index (χ1v) is 10.9. The van der Waals surface area contributed by atoms with Gasteiger partial charge in [0.2, 0.25) is 5.91 Å². The summed E-state index contributed by atoms with van der Waals surface area (Å²) in [6.07, 6.45) is 6.33. The van der Waals surface area contributed by atoms with Gasteiger partial charge in [-0.2, -0.15) is 0 Å². The number of benzene rings is 1. The van der Waals surface area contributed by atoms with Crippen LogP contribution in [0.3, 0.4) is 0 Å². The number of fused-ring (bicyclic) bond motifs is 1. The molecule has 0 spiro atoms. The second-order valence-electron chi connectivity index (χ2n) is 8.08. The van der Waals surface area contributed by atoms with E-state index in [4.69, 9.17) is 4.74 Å². The molecule has 1 fully saturated rings. The summed E-state index contributed by atoms with van der Waals surface area (Å²) in [6, 6.07) is 9.10. The van der Waals surface area contributed by atoms with Gasteiger partial charge in [-0.1, -0.05) is 0 Å². The molecule has 9 heteroatoms. The molecule has 176 valence electrons. The number of pyridine rings is 2. The topological polar surface area (TPSA) is 102 Å². The molecule has 3 aromatic rings. The molecule has 4 rings (SSSR count). The van der Waals surface area contributed by atoms with Crippen molar-refractivity contribution in [3.63, 3.8) is 0 Å². The number of hydrogen-bond donors (Lipinski definition) is 1. The average Bonchev–Trinajstić information content (AvgIpc) is 2.86. The molecule has 0 saturated carbocycles. The number of piperidine rings is 1. The van der Waals surface area contributed by atoms with E-state index >= 15 is 0 Å². The van der Waals surface area contributed by atoms with Gasteiger partial charge in [-0.15, -0.1) is 0 Å². The minimum absolute atomic E-state index is 0.102. The van der Waals surface area contributed by atoms with Crippen molar-refractivity contribution in [2.24, 2.45) is 5.92 Å². The summed E-state index contributed by atoms with van der Waals surface area (Å²) >= 11 is 0. The van der Waals surface area contributed by atoms with Crippen LogP contribution in [-0.2, 0) is 9.53 Å². The van der Waals surface area contributed by atoms with Crippen LogP contribution in [-0.4, -0.2) is 53.6 Å². The van der Waals surface area contributed by atoms with Crippen LogP contribution in [0.15, 0.2) is 53.5 Å². The second-order valence-corrected chi connectivity index (χ2v) is 8.08. The van der Waals surface area contributed by atoms with Gasteiger partial charge in [0.1, 0.15) is 22.8 Å². The van der Waals surface area contributed by atoms with E-state index in [-0.39, 0.29) is 17.3 Å². The van der Waals surface area contributed by atoms with E-state index < -0.39 is 11.5 Å². The lowest BCUT2D eigenvalue weighted by Gasteiger charge is -2.31. The van der Waals surface area contributed by atoms with Crippen LogP contribution in [0.4, 0.5) is 4.39 Å². The number of ether oxygens (including phenoxy) is 2. The summed E-state index contributed by atoms with van der Waals surface area (Å²) in [7, 11) is 1.20. The number of aromatic amines is 1. The van der Waals surface area contributed by atoms with Crippen molar-refractivity contribution in [1.82, 2.24) is 14.9 Å². The quantitative estimate of drug-likeness (QED) is 0.443. The maximum Gasteiger partial charge on any atom is 0.343 e. The molecule has 0 unspecified atom stereocenters. The summed E-state index contributed by atoms with van der Waals surface area (Å²) in [4.78, 5) is 44.9. The first-order chi connectivity index (χ1) is 16.4. The Hall–Kier alpha value is -4.01. The molecule has 0 radical (unpaired) electrons. The van der Waals surface area contributed by atoms with E-state index in [1.807, 2.05) is 0 Å². The number of amides is 1. The number of likely N-dealkylation sites (tertiary alicyclic amines) is 1. The monoisotopic (exact) mass is 465 g/mol. The smallest absolute Gasteiger partial charge is 0.343 e. The molecule has 8 nitrogen and oxygen atoms in total. The largest absolute Gasteiger partial charge is 0.493 e. The Bertz CT molecular complexity index is 1280. The first-order valence-electron chi connectivity index (χ1n) is 10.9. The summed E-state index contributed by atoms with van der Waals surface area (Å²) in [5.74, 6) is -0.170. The molecule has 1 aliphatic heterocycles. The predicted molar refractivity (Wildman–Crippen MR) is 124 cm³/mol. The second kappa shape index (κ2) is 10.3. The van der Waals surface area contributed by atoms with Gasteiger partial charge in [0, 0.05) is 30.7 Å². The molecule has 0 atom stereocenters. The van der Waals surface area contributed by atoms with Crippen LogP contribution in [0, 0.1) is 11.7 Å². The highest BCUT2D eigenvalue weighted by atomic mass is 19.1. The molecule has 3 heterocycles. The Morgan fingerprint density at radius 3 is 2.65 bits per heavy atom. The van der Waals surface area contributed by atoms with Crippen molar-refractivity contribution in [1.29, 1.82) is 0 Å². The molecule has 0 aliphatic carbocycles. The zero-order chi connectivity index (χ0) is 24.1. The molecule has 1 N–H and O–H groups in total. The molecule has 0 bridgehead atoms. The van der Waals surface area contributed by atoms with E-state index in [2.05, 4.69) is 14.7 Å². The maximum absolute atomic E-state index is 13.0. The number of halogens is 1. The SMILES string of the molecule is COC(=O)c1cc2cc(/C=C/C(=O)N3CCC(COc4ccc(F)cc4)CC3)cnc2[nH]c1=O. The fourth-order valence-corrected chi connectivity index (χ4v) is 3.80. The fourth-order valence-electron chi connectivity index (χ4n) is 3.80. The zero-order valence-electron chi connectivity index (χ0n) is 18.6. The van der Waals surface area contributed by atoms with E-state index in [1.54, 1.807) is 35.4 Å². The number of nitrogens with zero attached hydrogens (tertiary/aromatic N) is 2. The third-order valence-corrected chi connectivity index (χ3v) is 5.76. The molecule has 2 aromatic heterocycles. The van der Waals surface area contributed by atoms with Crippen molar-refractivity contribution in [3.8, 4) is 5.75 Å².